The van der Waals surface area contributed by atoms with Crippen molar-refractivity contribution < 1.29 is 0 Å². The van der Waals surface area contributed by atoms with Crippen molar-refractivity contribution >= 4 is 23.5 Å². The third kappa shape index (κ3) is 3.05. The second-order valence-corrected chi connectivity index (χ2v) is 4.49. The molecule has 0 heterocycles. The first-order chi connectivity index (χ1) is 9.26. The fraction of sp³-hybridized carbons (Fsp3) is 0.118. The lowest BCUT2D eigenvalue weighted by Crippen LogP contribution is -1.89. The van der Waals surface area contributed by atoms with Crippen molar-refractivity contribution in [3.8, 4) is 11.1 Å². The molecule has 0 aliphatic heterocycles. The lowest BCUT2D eigenvalue weighted by Gasteiger charge is -2.09. The van der Waals surface area contributed by atoms with Crippen molar-refractivity contribution in [2.75, 3.05) is 0 Å². The van der Waals surface area contributed by atoms with Gasteiger partial charge in [0.2, 0.25) is 0 Å². The fourth-order valence-electron chi connectivity index (χ4n) is 2.03. The number of nitrogens with zero attached hydrogens (tertiary/aromatic N) is 1. The molecule has 2 aromatic rings. The van der Waals surface area contributed by atoms with Gasteiger partial charge >= 0.3 is 0 Å². The molecule has 0 aliphatic carbocycles. The van der Waals surface area contributed by atoms with E-state index >= 15 is 0 Å². The van der Waals surface area contributed by atoms with Crippen LogP contribution in [0.4, 0.5) is 0 Å². The van der Waals surface area contributed by atoms with E-state index in [9.17, 15) is 0 Å². The number of hydrogen-bond acceptors (Lipinski definition) is 2. The molecule has 0 fully saturated rings. The van der Waals surface area contributed by atoms with Gasteiger partial charge in [0.05, 0.1) is 11.2 Å². The highest BCUT2D eigenvalue weighted by molar-refractivity contribution is 7.78. The van der Waals surface area contributed by atoms with Crippen LogP contribution in [0.2, 0.25) is 0 Å². The maximum absolute atomic E-state index is 4.64. The van der Waals surface area contributed by atoms with E-state index in [2.05, 4.69) is 65.3 Å². The van der Waals surface area contributed by atoms with Gasteiger partial charge in [0, 0.05) is 0 Å². The van der Waals surface area contributed by atoms with Gasteiger partial charge in [-0.3, -0.25) is 0 Å². The molecule has 0 spiro atoms. The summed E-state index contributed by atoms with van der Waals surface area (Å²) in [6, 6.07) is 16.6. The van der Waals surface area contributed by atoms with Gasteiger partial charge in [0.1, 0.15) is 0 Å². The van der Waals surface area contributed by atoms with Crippen molar-refractivity contribution in [2.24, 2.45) is 4.99 Å². The molecule has 0 saturated heterocycles. The van der Waals surface area contributed by atoms with Crippen LogP contribution in [0.3, 0.4) is 0 Å². The summed E-state index contributed by atoms with van der Waals surface area (Å²) in [5.74, 6) is 0. The maximum atomic E-state index is 4.64. The van der Waals surface area contributed by atoms with E-state index in [1.807, 2.05) is 25.1 Å². The first kappa shape index (κ1) is 13.4. The molecule has 19 heavy (non-hydrogen) atoms. The number of isothiocyanates is 1. The molecule has 0 aliphatic rings. The van der Waals surface area contributed by atoms with Crippen LogP contribution in [0.25, 0.3) is 17.2 Å². The van der Waals surface area contributed by atoms with Gasteiger partial charge in [-0.05, 0) is 41.4 Å². The maximum Gasteiger partial charge on any atom is 0.0824 e. The largest absolute Gasteiger partial charge is 0.225 e. The second kappa shape index (κ2) is 6.24. The molecule has 0 bridgehead atoms. The van der Waals surface area contributed by atoms with Crippen LogP contribution >= 0.6 is 12.2 Å². The Morgan fingerprint density at radius 2 is 1.84 bits per heavy atom. The quantitative estimate of drug-likeness (QED) is 0.549. The smallest absolute Gasteiger partial charge is 0.0824 e. The Bertz CT molecular complexity index is 622. The first-order valence-corrected chi connectivity index (χ1v) is 6.56. The van der Waals surface area contributed by atoms with Crippen molar-refractivity contribution in [2.45, 2.75) is 13.0 Å². The molecular formula is C17H15NS. The van der Waals surface area contributed by atoms with Crippen LogP contribution in [-0.2, 0) is 0 Å². The van der Waals surface area contributed by atoms with Crippen molar-refractivity contribution in [3.05, 3.63) is 66.2 Å². The normalized spacial score (nSPS) is 11.4. The molecule has 0 amide bonds. The van der Waals surface area contributed by atoms with E-state index in [0.717, 1.165) is 11.1 Å². The molecule has 2 rings (SSSR count). The average Bonchev–Trinajstić information content (AvgIpc) is 2.47. The Morgan fingerprint density at radius 3 is 2.47 bits per heavy atom. The van der Waals surface area contributed by atoms with Crippen LogP contribution in [0, 0.1) is 0 Å². The van der Waals surface area contributed by atoms with E-state index < -0.39 is 0 Å². The van der Waals surface area contributed by atoms with E-state index in [-0.39, 0.29) is 6.04 Å². The predicted molar refractivity (Wildman–Crippen MR) is 85.4 cm³/mol. The number of aliphatic imine (C=N–C) groups is 1. The number of thiocarbonyl (C=S) groups is 1. The van der Waals surface area contributed by atoms with Crippen LogP contribution in [0.15, 0.2) is 60.1 Å². The third-order valence-corrected chi connectivity index (χ3v) is 3.24. The molecule has 0 N–H and O–H groups in total. The molecule has 1 atom stereocenters. The van der Waals surface area contributed by atoms with Crippen molar-refractivity contribution in [1.82, 2.24) is 0 Å². The van der Waals surface area contributed by atoms with E-state index in [1.165, 1.54) is 11.1 Å². The SMILES string of the molecule is C=Cc1ccccc1-c1ccc(C(C)N=C=S)cc1. The second-order valence-electron chi connectivity index (χ2n) is 4.31. The molecule has 0 saturated carbocycles. The lowest BCUT2D eigenvalue weighted by atomic mass is 9.97. The highest BCUT2D eigenvalue weighted by Gasteiger charge is 2.05. The molecule has 0 aromatic heterocycles. The molecule has 94 valence electrons. The average molecular weight is 265 g/mol. The molecule has 1 nitrogen and oxygen atoms in total. The zero-order chi connectivity index (χ0) is 13.7. The van der Waals surface area contributed by atoms with E-state index in [1.54, 1.807) is 0 Å². The Hall–Kier alpha value is -2.02. The summed E-state index contributed by atoms with van der Waals surface area (Å²) in [5, 5.41) is 2.43. The van der Waals surface area contributed by atoms with Crippen molar-refractivity contribution in [1.29, 1.82) is 0 Å². The highest BCUT2D eigenvalue weighted by Crippen LogP contribution is 2.26. The lowest BCUT2D eigenvalue weighted by molar-refractivity contribution is 0.828. The molecular weight excluding hydrogens is 250 g/mol. The minimum absolute atomic E-state index is 0.0567. The van der Waals surface area contributed by atoms with Crippen LogP contribution in [0.5, 0.6) is 0 Å². The highest BCUT2D eigenvalue weighted by atomic mass is 32.1. The predicted octanol–water partition coefficient (Wildman–Crippen LogP) is 5.16. The van der Waals surface area contributed by atoms with Gasteiger partial charge in [0.25, 0.3) is 0 Å². The summed E-state index contributed by atoms with van der Waals surface area (Å²) >= 11 is 4.64. The Labute approximate surface area is 119 Å². The van der Waals surface area contributed by atoms with Gasteiger partial charge < -0.3 is 0 Å². The third-order valence-electron chi connectivity index (χ3n) is 3.13. The number of benzene rings is 2. The summed E-state index contributed by atoms with van der Waals surface area (Å²) in [4.78, 5) is 4.08. The topological polar surface area (TPSA) is 12.4 Å². The van der Waals surface area contributed by atoms with Gasteiger partial charge in [-0.15, -0.1) is 0 Å². The zero-order valence-corrected chi connectivity index (χ0v) is 11.7. The summed E-state index contributed by atoms with van der Waals surface area (Å²) in [7, 11) is 0. The van der Waals surface area contributed by atoms with Gasteiger partial charge in [-0.25, -0.2) is 4.99 Å². The standard InChI is InChI=1S/C17H15NS/c1-3-14-6-4-5-7-17(14)16-10-8-15(9-11-16)13(2)18-12-19/h3-11,13H,1H2,2H3. The molecule has 2 heteroatoms. The summed E-state index contributed by atoms with van der Waals surface area (Å²) in [6.07, 6.45) is 1.88. The Kier molecular flexibility index (Phi) is 4.40. The Balaban J connectivity index is 2.37. The number of rotatable bonds is 4. The fourth-order valence-corrected chi connectivity index (χ4v) is 2.19. The summed E-state index contributed by atoms with van der Waals surface area (Å²) in [6.45, 7) is 5.86. The first-order valence-electron chi connectivity index (χ1n) is 6.15. The van der Waals surface area contributed by atoms with Crippen molar-refractivity contribution in [3.63, 3.8) is 0 Å². The minimum atomic E-state index is 0.0567. The van der Waals surface area contributed by atoms with Gasteiger partial charge in [0.15, 0.2) is 0 Å². The van der Waals surface area contributed by atoms with Gasteiger partial charge in [-0.1, -0.05) is 61.2 Å². The van der Waals surface area contributed by atoms with Crippen LogP contribution in [0.1, 0.15) is 24.1 Å². The summed E-state index contributed by atoms with van der Waals surface area (Å²) in [5.41, 5.74) is 4.64. The summed E-state index contributed by atoms with van der Waals surface area (Å²) < 4.78 is 0. The number of hydrogen-bond donors (Lipinski definition) is 0. The Morgan fingerprint density at radius 1 is 1.16 bits per heavy atom. The van der Waals surface area contributed by atoms with E-state index in [0.29, 0.717) is 0 Å². The molecule has 0 radical (unpaired) electrons. The monoisotopic (exact) mass is 265 g/mol. The van der Waals surface area contributed by atoms with Gasteiger partial charge in [-0.2, -0.15) is 0 Å². The zero-order valence-electron chi connectivity index (χ0n) is 10.8. The minimum Gasteiger partial charge on any atom is -0.225 e. The van der Waals surface area contributed by atoms with E-state index in [4.69, 9.17) is 0 Å². The molecule has 1 unspecified atom stereocenters. The van der Waals surface area contributed by atoms with Crippen LogP contribution in [-0.4, -0.2) is 5.16 Å². The van der Waals surface area contributed by atoms with Crippen LogP contribution < -0.4 is 0 Å². The molecule has 2 aromatic carbocycles.